The zero-order chi connectivity index (χ0) is 35.2. The van der Waals surface area contributed by atoms with Crippen molar-refractivity contribution in [3.05, 3.63) is 95.6 Å². The summed E-state index contributed by atoms with van der Waals surface area (Å²) in [6.45, 7) is 10.1. The van der Waals surface area contributed by atoms with E-state index >= 15 is 0 Å². The van der Waals surface area contributed by atoms with E-state index in [1.54, 1.807) is 0 Å². The van der Waals surface area contributed by atoms with E-state index < -0.39 is 12.1 Å². The summed E-state index contributed by atoms with van der Waals surface area (Å²) < 4.78 is 31.7. The normalized spacial score (nSPS) is 16.1. The van der Waals surface area contributed by atoms with Crippen LogP contribution in [0.5, 0.6) is 0 Å². The van der Waals surface area contributed by atoms with Crippen molar-refractivity contribution in [2.75, 3.05) is 19.6 Å². The minimum atomic E-state index is -5.08. The van der Waals surface area contributed by atoms with Crippen molar-refractivity contribution in [2.24, 2.45) is 5.92 Å². The predicted octanol–water partition coefficient (Wildman–Crippen LogP) is 8.24. The average Bonchev–Trinajstić information content (AvgIpc) is 3.09. The number of urea groups is 1. The molecule has 2 amide bonds. The van der Waals surface area contributed by atoms with E-state index in [1.165, 1.54) is 47.1 Å². The van der Waals surface area contributed by atoms with Gasteiger partial charge < -0.3 is 20.6 Å². The predicted molar refractivity (Wildman–Crippen MR) is 188 cm³/mol. The van der Waals surface area contributed by atoms with Crippen LogP contribution < -0.4 is 10.6 Å². The second-order valence-electron chi connectivity index (χ2n) is 13.6. The first-order chi connectivity index (χ1) is 23.5. The Kier molecular flexibility index (Phi) is 14.5. The molecule has 3 N–H and O–H groups in total. The van der Waals surface area contributed by atoms with Crippen molar-refractivity contribution in [1.29, 1.82) is 0 Å². The summed E-state index contributed by atoms with van der Waals surface area (Å²) in [6.07, 6.45) is 2.90. The lowest BCUT2D eigenvalue weighted by Gasteiger charge is -2.39. The number of aliphatic carboxylic acids is 1. The van der Waals surface area contributed by atoms with E-state index in [0.29, 0.717) is 18.5 Å². The van der Waals surface area contributed by atoms with Gasteiger partial charge in [-0.15, -0.1) is 0 Å². The van der Waals surface area contributed by atoms with E-state index in [1.807, 2.05) is 0 Å². The summed E-state index contributed by atoms with van der Waals surface area (Å²) in [5, 5.41) is 14.1. The lowest BCUT2D eigenvalue weighted by molar-refractivity contribution is -0.192. The number of likely N-dealkylation sites (tertiary alicyclic amines) is 1. The highest BCUT2D eigenvalue weighted by molar-refractivity contribution is 5.75. The highest BCUT2D eigenvalue weighted by atomic mass is 19.4. The summed E-state index contributed by atoms with van der Waals surface area (Å²) in [4.78, 5) is 27.3. The molecular formula is C39H51F3N4O3. The molecular weight excluding hydrogens is 629 g/mol. The van der Waals surface area contributed by atoms with Gasteiger partial charge in [-0.05, 0) is 66.0 Å². The number of rotatable bonds is 11. The molecule has 1 saturated heterocycles. The third kappa shape index (κ3) is 12.8. The third-order valence-corrected chi connectivity index (χ3v) is 9.16. The van der Waals surface area contributed by atoms with Crippen molar-refractivity contribution in [1.82, 2.24) is 20.4 Å². The van der Waals surface area contributed by atoms with Crippen LogP contribution in [0.25, 0.3) is 11.1 Å². The fourth-order valence-corrected chi connectivity index (χ4v) is 6.42. The number of piperidine rings is 1. The van der Waals surface area contributed by atoms with Crippen LogP contribution in [-0.2, 0) is 24.4 Å². The van der Waals surface area contributed by atoms with Gasteiger partial charge >= 0.3 is 18.2 Å². The van der Waals surface area contributed by atoms with Crippen LogP contribution in [0.2, 0.25) is 0 Å². The molecule has 1 heterocycles. The van der Waals surface area contributed by atoms with E-state index in [0.717, 1.165) is 58.4 Å². The largest absolute Gasteiger partial charge is 0.490 e. The number of carboxylic acids is 1. The molecule has 2 fully saturated rings. The van der Waals surface area contributed by atoms with Crippen LogP contribution in [0, 0.1) is 5.92 Å². The molecule has 0 aromatic heterocycles. The number of carbonyl (C=O) groups excluding carboxylic acids is 1. The molecule has 3 aromatic carbocycles. The number of carboxylic acid groups (broad SMARTS) is 1. The fraction of sp³-hybridized carbons (Fsp3) is 0.487. The molecule has 266 valence electrons. The van der Waals surface area contributed by atoms with Gasteiger partial charge in [0.1, 0.15) is 0 Å². The quantitative estimate of drug-likeness (QED) is 0.190. The second kappa shape index (κ2) is 18.8. The van der Waals surface area contributed by atoms with Crippen molar-refractivity contribution in [3.63, 3.8) is 0 Å². The molecule has 10 heteroatoms. The zero-order valence-electron chi connectivity index (χ0n) is 28.7. The van der Waals surface area contributed by atoms with Crippen LogP contribution in [0.1, 0.15) is 75.5 Å². The van der Waals surface area contributed by atoms with E-state index in [2.05, 4.69) is 113 Å². The van der Waals surface area contributed by atoms with Gasteiger partial charge in [-0.2, -0.15) is 13.2 Å². The summed E-state index contributed by atoms with van der Waals surface area (Å²) in [5.74, 6) is -2.10. The second-order valence-corrected chi connectivity index (χ2v) is 13.6. The molecule has 3 aromatic rings. The van der Waals surface area contributed by atoms with Crippen LogP contribution in [0.3, 0.4) is 0 Å². The van der Waals surface area contributed by atoms with E-state index in [9.17, 15) is 18.0 Å². The maximum Gasteiger partial charge on any atom is 0.490 e. The van der Waals surface area contributed by atoms with Gasteiger partial charge in [-0.3, -0.25) is 4.90 Å². The van der Waals surface area contributed by atoms with Gasteiger partial charge in [0, 0.05) is 44.8 Å². The van der Waals surface area contributed by atoms with Gasteiger partial charge in [0.15, 0.2) is 0 Å². The number of amides is 2. The van der Waals surface area contributed by atoms with Crippen LogP contribution in [0.15, 0.2) is 78.9 Å². The Balaban J connectivity index is 0.000000698. The SMILES string of the molecule is CC(C)CNCc1ccc(-c2ccc(CN(C(=O)NC3CCCCC3)C3CCN(Cc4ccccc4)CC3)cc2)cc1.O=C(O)C(F)(F)F. The van der Waals surface area contributed by atoms with E-state index in [-0.39, 0.29) is 12.1 Å². The standard InChI is InChI=1S/C37H50N4O.C2HF3O2/c1-29(2)25-38-26-30-13-17-33(18-14-30)34-19-15-32(16-20-34)28-41(37(42)39-35-11-7-4-8-12-35)36-21-23-40(24-22-36)27-31-9-5-3-6-10-31;3-2(4,5)1(6)7/h3,5-6,9-10,13-20,29,35-36,38H,4,7-8,11-12,21-28H2,1-2H3,(H,39,42);(H,6,7). The van der Waals surface area contributed by atoms with Gasteiger partial charge in [0.05, 0.1) is 0 Å². The Labute approximate surface area is 288 Å². The average molecular weight is 681 g/mol. The van der Waals surface area contributed by atoms with Crippen molar-refractivity contribution in [3.8, 4) is 11.1 Å². The maximum atomic E-state index is 13.7. The van der Waals surface area contributed by atoms with E-state index in [4.69, 9.17) is 9.90 Å². The number of benzene rings is 3. The minimum absolute atomic E-state index is 0.120. The molecule has 0 unspecified atom stereocenters. The molecule has 49 heavy (non-hydrogen) atoms. The third-order valence-electron chi connectivity index (χ3n) is 9.16. The fourth-order valence-electron chi connectivity index (χ4n) is 6.42. The van der Waals surface area contributed by atoms with Gasteiger partial charge in [0.25, 0.3) is 0 Å². The molecule has 5 rings (SSSR count). The number of carbonyl (C=O) groups is 2. The Morgan fingerprint density at radius 3 is 1.90 bits per heavy atom. The Hall–Kier alpha value is -3.89. The highest BCUT2D eigenvalue weighted by Gasteiger charge is 2.38. The molecule has 0 atom stereocenters. The molecule has 0 radical (unpaired) electrons. The Bertz CT molecular complexity index is 1420. The lowest BCUT2D eigenvalue weighted by Crippen LogP contribution is -2.52. The minimum Gasteiger partial charge on any atom is -0.475 e. The first-order valence-corrected chi connectivity index (χ1v) is 17.5. The summed E-state index contributed by atoms with van der Waals surface area (Å²) in [5.41, 5.74) is 6.31. The molecule has 2 aliphatic rings. The van der Waals surface area contributed by atoms with Crippen LogP contribution in [0.4, 0.5) is 18.0 Å². The zero-order valence-corrected chi connectivity index (χ0v) is 28.7. The van der Waals surface area contributed by atoms with Gasteiger partial charge in [-0.25, -0.2) is 9.59 Å². The van der Waals surface area contributed by atoms with Crippen molar-refractivity contribution in [2.45, 2.75) is 96.7 Å². The monoisotopic (exact) mass is 680 g/mol. The molecule has 0 bridgehead atoms. The summed E-state index contributed by atoms with van der Waals surface area (Å²) in [6, 6.07) is 29.1. The smallest absolute Gasteiger partial charge is 0.475 e. The van der Waals surface area contributed by atoms with Gasteiger partial charge in [0.2, 0.25) is 0 Å². The number of alkyl halides is 3. The van der Waals surface area contributed by atoms with Crippen LogP contribution >= 0.6 is 0 Å². The highest BCUT2D eigenvalue weighted by Crippen LogP contribution is 2.25. The Morgan fingerprint density at radius 1 is 0.816 bits per heavy atom. The number of halogens is 3. The number of hydrogen-bond acceptors (Lipinski definition) is 4. The number of hydrogen-bond donors (Lipinski definition) is 3. The maximum absolute atomic E-state index is 13.7. The first kappa shape index (κ1) is 37.9. The molecule has 1 aliphatic heterocycles. The van der Waals surface area contributed by atoms with Crippen LogP contribution in [-0.4, -0.2) is 64.8 Å². The summed E-state index contributed by atoms with van der Waals surface area (Å²) >= 11 is 0. The van der Waals surface area contributed by atoms with Crippen molar-refractivity contribution >= 4 is 12.0 Å². The molecule has 0 spiro atoms. The number of nitrogens with one attached hydrogen (secondary N) is 2. The lowest BCUT2D eigenvalue weighted by atomic mass is 9.95. The summed E-state index contributed by atoms with van der Waals surface area (Å²) in [7, 11) is 0. The molecule has 7 nitrogen and oxygen atoms in total. The van der Waals surface area contributed by atoms with Crippen molar-refractivity contribution < 1.29 is 27.9 Å². The number of nitrogens with zero attached hydrogens (tertiary/aromatic N) is 2. The molecule has 1 saturated carbocycles. The molecule has 1 aliphatic carbocycles. The topological polar surface area (TPSA) is 84.9 Å². The first-order valence-electron chi connectivity index (χ1n) is 17.5. The Morgan fingerprint density at radius 2 is 1.37 bits per heavy atom. The van der Waals surface area contributed by atoms with Gasteiger partial charge in [-0.1, -0.05) is 112 Å².